The zero-order valence-corrected chi connectivity index (χ0v) is 23.9. The zero-order valence-electron chi connectivity index (χ0n) is 23.1. The lowest BCUT2D eigenvalue weighted by atomic mass is 9.83. The first-order valence-electron chi connectivity index (χ1n) is 13.5. The average Bonchev–Trinajstić information content (AvgIpc) is 2.99. The van der Waals surface area contributed by atoms with E-state index in [0.29, 0.717) is 11.5 Å². The Morgan fingerprint density at radius 1 is 0.923 bits per heavy atom. The number of likely N-dealkylation sites (N-methyl/N-ethyl adjacent to an activating group) is 1. The molecule has 3 aliphatic rings. The standard InChI is InChI=1S/C30H37N3O5S/c1-31-24-19-21(29(34)33-15-13-32(14-16-33)22-7-9-23(36-2)10-8-22)6-12-27(24)39-28(30(31)35)18-20-5-11-25(37-3)26(17-20)38-4/h5,7-11,17-18,21,24,27H,6,12-16,19H2,1-4H3/b28-18-. The fourth-order valence-electron chi connectivity index (χ4n) is 5.85. The Labute approximate surface area is 234 Å². The molecule has 3 fully saturated rings. The maximum atomic E-state index is 13.5. The molecular formula is C30H37N3O5S. The van der Waals surface area contributed by atoms with Crippen LogP contribution in [0.5, 0.6) is 17.2 Å². The summed E-state index contributed by atoms with van der Waals surface area (Å²) in [6, 6.07) is 13.8. The van der Waals surface area contributed by atoms with E-state index in [1.165, 1.54) is 0 Å². The molecule has 2 heterocycles. The summed E-state index contributed by atoms with van der Waals surface area (Å²) in [4.78, 5) is 33.7. The van der Waals surface area contributed by atoms with E-state index in [2.05, 4.69) is 17.0 Å². The molecule has 0 spiro atoms. The first kappa shape index (κ1) is 27.2. The molecule has 2 aromatic rings. The molecule has 0 N–H and O–H groups in total. The number of hydrogen-bond acceptors (Lipinski definition) is 7. The number of anilines is 1. The lowest BCUT2D eigenvalue weighted by Crippen LogP contribution is -2.55. The van der Waals surface area contributed by atoms with Crippen molar-refractivity contribution in [1.29, 1.82) is 0 Å². The van der Waals surface area contributed by atoms with E-state index in [9.17, 15) is 9.59 Å². The second-order valence-corrected chi connectivity index (χ2v) is 11.6. The zero-order chi connectivity index (χ0) is 27.5. The van der Waals surface area contributed by atoms with E-state index in [0.717, 1.165) is 67.3 Å². The number of carbonyl (C=O) groups is 2. The van der Waals surface area contributed by atoms with Crippen molar-refractivity contribution in [3.63, 3.8) is 0 Å². The second kappa shape index (κ2) is 11.8. The lowest BCUT2D eigenvalue weighted by molar-refractivity contribution is -0.139. The highest BCUT2D eigenvalue weighted by molar-refractivity contribution is 8.04. The summed E-state index contributed by atoms with van der Waals surface area (Å²) in [6.45, 7) is 3.07. The van der Waals surface area contributed by atoms with Crippen LogP contribution < -0.4 is 19.1 Å². The number of nitrogens with zero attached hydrogens (tertiary/aromatic N) is 3. The molecule has 2 saturated heterocycles. The molecule has 3 unspecified atom stereocenters. The average molecular weight is 552 g/mol. The molecule has 2 amide bonds. The third kappa shape index (κ3) is 5.69. The Morgan fingerprint density at radius 2 is 1.64 bits per heavy atom. The monoisotopic (exact) mass is 551 g/mol. The number of benzene rings is 2. The van der Waals surface area contributed by atoms with Gasteiger partial charge in [-0.2, -0.15) is 0 Å². The van der Waals surface area contributed by atoms with Gasteiger partial charge in [0.2, 0.25) is 5.91 Å². The maximum Gasteiger partial charge on any atom is 0.260 e. The van der Waals surface area contributed by atoms with E-state index in [4.69, 9.17) is 14.2 Å². The fraction of sp³-hybridized carbons (Fsp3) is 0.467. The molecule has 8 nitrogen and oxygen atoms in total. The molecular weight excluding hydrogens is 514 g/mol. The molecule has 1 saturated carbocycles. The Balaban J connectivity index is 1.19. The highest BCUT2D eigenvalue weighted by Gasteiger charge is 2.43. The van der Waals surface area contributed by atoms with E-state index < -0.39 is 0 Å². The van der Waals surface area contributed by atoms with E-state index in [-0.39, 0.29) is 29.0 Å². The van der Waals surface area contributed by atoms with Crippen molar-refractivity contribution >= 4 is 35.3 Å². The summed E-state index contributed by atoms with van der Waals surface area (Å²) in [5, 5.41) is 0.287. The van der Waals surface area contributed by atoms with Crippen molar-refractivity contribution in [2.45, 2.75) is 30.6 Å². The predicted octanol–water partition coefficient (Wildman–Crippen LogP) is 4.14. The highest BCUT2D eigenvalue weighted by Crippen LogP contribution is 2.44. The van der Waals surface area contributed by atoms with Crippen LogP contribution in [0.1, 0.15) is 24.8 Å². The number of amides is 2. The van der Waals surface area contributed by atoms with Gasteiger partial charge in [0.1, 0.15) is 5.75 Å². The first-order valence-corrected chi connectivity index (χ1v) is 14.3. The number of carbonyl (C=O) groups excluding carboxylic acids is 2. The molecule has 2 aromatic carbocycles. The third-order valence-corrected chi connectivity index (χ3v) is 9.54. The van der Waals surface area contributed by atoms with Crippen LogP contribution in [0.3, 0.4) is 0 Å². The quantitative estimate of drug-likeness (QED) is 0.500. The Morgan fingerprint density at radius 3 is 2.31 bits per heavy atom. The summed E-state index contributed by atoms with van der Waals surface area (Å²) in [6.07, 6.45) is 4.43. The normalized spacial score (nSPS) is 24.4. The Hall–Kier alpha value is -3.33. The Bertz CT molecular complexity index is 1230. The second-order valence-electron chi connectivity index (χ2n) is 10.3. The smallest absolute Gasteiger partial charge is 0.260 e. The molecule has 0 bridgehead atoms. The predicted molar refractivity (Wildman–Crippen MR) is 155 cm³/mol. The van der Waals surface area contributed by atoms with E-state index >= 15 is 0 Å². The van der Waals surface area contributed by atoms with Crippen molar-refractivity contribution in [2.75, 3.05) is 59.5 Å². The Kier molecular flexibility index (Phi) is 8.26. The van der Waals surface area contributed by atoms with Gasteiger partial charge in [0.15, 0.2) is 11.5 Å². The summed E-state index contributed by atoms with van der Waals surface area (Å²) in [5.74, 6) is 2.35. The molecule has 39 heavy (non-hydrogen) atoms. The number of fused-ring (bicyclic) bond motifs is 1. The maximum absolute atomic E-state index is 13.5. The summed E-state index contributed by atoms with van der Waals surface area (Å²) >= 11 is 1.65. The first-order chi connectivity index (χ1) is 18.9. The third-order valence-electron chi connectivity index (χ3n) is 8.15. The summed E-state index contributed by atoms with van der Waals surface area (Å²) in [5.41, 5.74) is 2.05. The van der Waals surface area contributed by atoms with Gasteiger partial charge in [0.25, 0.3) is 5.91 Å². The molecule has 0 radical (unpaired) electrons. The van der Waals surface area contributed by atoms with Gasteiger partial charge in [0, 0.05) is 56.1 Å². The van der Waals surface area contributed by atoms with Crippen LogP contribution in [0.15, 0.2) is 47.4 Å². The largest absolute Gasteiger partial charge is 0.497 e. The number of piperazine rings is 1. The minimum atomic E-state index is -0.0361. The van der Waals surface area contributed by atoms with Crippen molar-refractivity contribution < 1.29 is 23.8 Å². The minimum absolute atomic E-state index is 0.0113. The van der Waals surface area contributed by atoms with Gasteiger partial charge >= 0.3 is 0 Å². The molecule has 0 aromatic heterocycles. The van der Waals surface area contributed by atoms with Gasteiger partial charge < -0.3 is 28.9 Å². The van der Waals surface area contributed by atoms with Gasteiger partial charge in [-0.05, 0) is 67.3 Å². The molecule has 5 rings (SSSR count). The lowest BCUT2D eigenvalue weighted by Gasteiger charge is -2.45. The van der Waals surface area contributed by atoms with Crippen LogP contribution in [0.25, 0.3) is 6.08 Å². The topological polar surface area (TPSA) is 71.5 Å². The molecule has 2 aliphatic heterocycles. The van der Waals surface area contributed by atoms with Crippen molar-refractivity contribution in [3.05, 3.63) is 52.9 Å². The minimum Gasteiger partial charge on any atom is -0.497 e. The summed E-state index contributed by atoms with van der Waals surface area (Å²) in [7, 11) is 6.76. The van der Waals surface area contributed by atoms with Gasteiger partial charge in [-0.25, -0.2) is 0 Å². The number of hydrogen-bond donors (Lipinski definition) is 0. The highest BCUT2D eigenvalue weighted by atomic mass is 32.2. The van der Waals surface area contributed by atoms with Crippen molar-refractivity contribution in [1.82, 2.24) is 9.80 Å². The van der Waals surface area contributed by atoms with Crippen LogP contribution >= 0.6 is 11.8 Å². The van der Waals surface area contributed by atoms with Crippen molar-refractivity contribution in [2.24, 2.45) is 5.92 Å². The van der Waals surface area contributed by atoms with Gasteiger partial charge in [-0.1, -0.05) is 6.07 Å². The molecule has 1 aliphatic carbocycles. The fourth-order valence-corrected chi connectivity index (χ4v) is 7.33. The number of thioether (sulfide) groups is 1. The molecule has 208 valence electrons. The van der Waals surface area contributed by atoms with Crippen LogP contribution in [-0.2, 0) is 9.59 Å². The molecule has 3 atom stereocenters. The van der Waals surface area contributed by atoms with Crippen LogP contribution in [0.2, 0.25) is 0 Å². The number of methoxy groups -OCH3 is 3. The van der Waals surface area contributed by atoms with E-state index in [1.807, 2.05) is 53.3 Å². The van der Waals surface area contributed by atoms with E-state index in [1.54, 1.807) is 33.1 Å². The SMILES string of the molecule is COc1ccc(N2CCN(C(=O)C3CCC4S/C(=C\c5ccc(OC)c(OC)c5)C(=O)N(C)C4C3)CC2)cc1. The van der Waals surface area contributed by atoms with Gasteiger partial charge in [0.05, 0.1) is 26.2 Å². The molecule has 9 heteroatoms. The van der Waals surface area contributed by atoms with Gasteiger partial charge in [-0.15, -0.1) is 11.8 Å². The number of ether oxygens (including phenoxy) is 3. The van der Waals surface area contributed by atoms with Gasteiger partial charge in [-0.3, -0.25) is 9.59 Å². The van der Waals surface area contributed by atoms with Crippen LogP contribution in [-0.4, -0.2) is 87.5 Å². The van der Waals surface area contributed by atoms with Crippen LogP contribution in [0, 0.1) is 5.92 Å². The van der Waals surface area contributed by atoms with Crippen molar-refractivity contribution in [3.8, 4) is 17.2 Å². The number of rotatable bonds is 6. The summed E-state index contributed by atoms with van der Waals surface area (Å²) < 4.78 is 16.0. The van der Waals surface area contributed by atoms with Crippen LogP contribution in [0.4, 0.5) is 5.69 Å².